The number of hydrogen-bond donors (Lipinski definition) is 2. The largest absolute Gasteiger partial charge is 0.479 e. The van der Waals surface area contributed by atoms with E-state index >= 15 is 0 Å². The van der Waals surface area contributed by atoms with E-state index in [2.05, 4.69) is 20.8 Å². The molecule has 5 nitrogen and oxygen atoms in total. The van der Waals surface area contributed by atoms with Crippen LogP contribution in [0.2, 0.25) is 0 Å². The minimum Gasteiger partial charge on any atom is -0.479 e. The molecule has 0 spiro atoms. The maximum Gasteiger partial charge on any atom is 0.332 e. The Morgan fingerprint density at radius 3 is 2.89 bits per heavy atom. The molecule has 0 fully saturated rings. The first-order valence-corrected chi connectivity index (χ1v) is 5.55. The fourth-order valence-electron chi connectivity index (χ4n) is 1.01. The number of hydrogen-bond acceptors (Lipinski definition) is 3. The summed E-state index contributed by atoms with van der Waals surface area (Å²) in [5.41, 5.74) is 2.10. The summed E-state index contributed by atoms with van der Waals surface area (Å²) in [4.78, 5) is 25.6. The quantitative estimate of drug-likeness (QED) is 0.640. The lowest BCUT2D eigenvalue weighted by Crippen LogP contribution is -2.24. The number of carboxylic acid groups (broad SMARTS) is 1. The number of halogens is 2. The molecule has 18 heavy (non-hydrogen) atoms. The molecular formula is C11H9BrFNO4. The van der Waals surface area contributed by atoms with Gasteiger partial charge in [0.1, 0.15) is 5.82 Å². The number of hydroxylamine groups is 1. The van der Waals surface area contributed by atoms with Crippen molar-refractivity contribution in [1.82, 2.24) is 5.48 Å². The maximum atomic E-state index is 13.3. The first kappa shape index (κ1) is 14.3. The molecular weight excluding hydrogens is 309 g/mol. The molecule has 1 aromatic carbocycles. The number of carboxylic acids is 1. The number of amides is 1. The van der Waals surface area contributed by atoms with Crippen LogP contribution < -0.4 is 5.48 Å². The Labute approximate surface area is 110 Å². The van der Waals surface area contributed by atoms with Crippen LogP contribution in [0.25, 0.3) is 6.08 Å². The molecule has 0 saturated carbocycles. The SMILES string of the molecule is O=C(O)CONC(=O)/C=C/c1cc(Br)ccc1F. The van der Waals surface area contributed by atoms with Gasteiger partial charge in [0.05, 0.1) is 0 Å². The van der Waals surface area contributed by atoms with E-state index in [-0.39, 0.29) is 5.56 Å². The molecule has 0 heterocycles. The summed E-state index contributed by atoms with van der Waals surface area (Å²) in [6.45, 7) is -0.648. The minimum atomic E-state index is -1.21. The third kappa shape index (κ3) is 5.07. The van der Waals surface area contributed by atoms with Crippen LogP contribution in [0.5, 0.6) is 0 Å². The highest BCUT2D eigenvalue weighted by Gasteiger charge is 2.02. The predicted octanol–water partition coefficient (Wildman–Crippen LogP) is 1.73. The van der Waals surface area contributed by atoms with Crippen molar-refractivity contribution in [3.63, 3.8) is 0 Å². The molecule has 0 saturated heterocycles. The normalized spacial score (nSPS) is 10.6. The van der Waals surface area contributed by atoms with Crippen molar-refractivity contribution in [3.8, 4) is 0 Å². The topological polar surface area (TPSA) is 75.6 Å². The van der Waals surface area contributed by atoms with Gasteiger partial charge in [-0.05, 0) is 24.3 Å². The second-order valence-electron chi connectivity index (χ2n) is 3.15. The third-order valence-electron chi connectivity index (χ3n) is 1.74. The van der Waals surface area contributed by atoms with E-state index in [9.17, 15) is 14.0 Å². The smallest absolute Gasteiger partial charge is 0.332 e. The highest BCUT2D eigenvalue weighted by Crippen LogP contribution is 2.16. The summed E-state index contributed by atoms with van der Waals surface area (Å²) in [5.74, 6) is -2.37. The van der Waals surface area contributed by atoms with Crippen molar-refractivity contribution >= 4 is 33.9 Å². The van der Waals surface area contributed by atoms with Gasteiger partial charge in [-0.3, -0.25) is 9.63 Å². The summed E-state index contributed by atoms with van der Waals surface area (Å²) >= 11 is 3.17. The maximum absolute atomic E-state index is 13.3. The molecule has 2 N–H and O–H groups in total. The molecule has 0 bridgehead atoms. The van der Waals surface area contributed by atoms with Crippen LogP contribution in [0.1, 0.15) is 5.56 Å². The molecule has 96 valence electrons. The van der Waals surface area contributed by atoms with Crippen LogP contribution in [-0.2, 0) is 14.4 Å². The number of rotatable bonds is 5. The molecule has 0 unspecified atom stereocenters. The van der Waals surface area contributed by atoms with Crippen LogP contribution in [0, 0.1) is 5.82 Å². The molecule has 0 aromatic heterocycles. The van der Waals surface area contributed by atoms with Crippen LogP contribution >= 0.6 is 15.9 Å². The Balaban J connectivity index is 2.55. The van der Waals surface area contributed by atoms with E-state index < -0.39 is 24.3 Å². The summed E-state index contributed by atoms with van der Waals surface area (Å²) in [5, 5.41) is 8.25. The molecule has 0 radical (unpaired) electrons. The number of aliphatic carboxylic acids is 1. The number of carbonyl (C=O) groups is 2. The fourth-order valence-corrected chi connectivity index (χ4v) is 1.39. The van der Waals surface area contributed by atoms with E-state index in [1.165, 1.54) is 24.3 Å². The van der Waals surface area contributed by atoms with Crippen molar-refractivity contribution < 1.29 is 23.9 Å². The van der Waals surface area contributed by atoms with E-state index in [0.717, 1.165) is 6.08 Å². The number of nitrogens with one attached hydrogen (secondary N) is 1. The van der Waals surface area contributed by atoms with Gasteiger partial charge < -0.3 is 5.11 Å². The van der Waals surface area contributed by atoms with Crippen LogP contribution in [0.3, 0.4) is 0 Å². The fraction of sp³-hybridized carbons (Fsp3) is 0.0909. The lowest BCUT2D eigenvalue weighted by Gasteiger charge is -2.00. The van der Waals surface area contributed by atoms with Gasteiger partial charge in [0, 0.05) is 16.1 Å². The Morgan fingerprint density at radius 1 is 1.50 bits per heavy atom. The van der Waals surface area contributed by atoms with Gasteiger partial charge in [-0.25, -0.2) is 14.7 Å². The van der Waals surface area contributed by atoms with Gasteiger partial charge in [0.2, 0.25) is 0 Å². The zero-order valence-electron chi connectivity index (χ0n) is 9.02. The molecule has 0 aliphatic heterocycles. The Morgan fingerprint density at radius 2 is 2.22 bits per heavy atom. The van der Waals surface area contributed by atoms with Gasteiger partial charge in [-0.2, -0.15) is 0 Å². The summed E-state index contributed by atoms with van der Waals surface area (Å²) in [7, 11) is 0. The summed E-state index contributed by atoms with van der Waals surface area (Å²) in [6, 6.07) is 4.28. The van der Waals surface area contributed by atoms with Gasteiger partial charge in [-0.15, -0.1) is 0 Å². The van der Waals surface area contributed by atoms with E-state index in [0.29, 0.717) is 4.47 Å². The van der Waals surface area contributed by atoms with Crippen LogP contribution in [-0.4, -0.2) is 23.6 Å². The number of carbonyl (C=O) groups excluding carboxylic acids is 1. The second kappa shape index (κ2) is 6.87. The van der Waals surface area contributed by atoms with Crippen LogP contribution in [0.4, 0.5) is 4.39 Å². The lowest BCUT2D eigenvalue weighted by molar-refractivity contribution is -0.147. The van der Waals surface area contributed by atoms with E-state index in [1.807, 2.05) is 5.48 Å². The highest BCUT2D eigenvalue weighted by atomic mass is 79.9. The molecule has 0 aliphatic carbocycles. The van der Waals surface area contributed by atoms with Crippen molar-refractivity contribution in [2.24, 2.45) is 0 Å². The van der Waals surface area contributed by atoms with Gasteiger partial charge >= 0.3 is 5.97 Å². The number of benzene rings is 1. The molecule has 7 heteroatoms. The molecule has 0 atom stereocenters. The van der Waals surface area contributed by atoms with Crippen molar-refractivity contribution in [3.05, 3.63) is 40.1 Å². The van der Waals surface area contributed by atoms with E-state index in [1.54, 1.807) is 0 Å². The van der Waals surface area contributed by atoms with Crippen molar-refractivity contribution in [2.45, 2.75) is 0 Å². The first-order valence-electron chi connectivity index (χ1n) is 4.75. The molecule has 1 aromatic rings. The standard InChI is InChI=1S/C11H9BrFNO4/c12-8-2-3-9(13)7(5-8)1-4-10(15)14-18-6-11(16)17/h1-5H,6H2,(H,14,15)(H,16,17)/b4-1+. The molecule has 1 rings (SSSR count). The second-order valence-corrected chi connectivity index (χ2v) is 4.06. The van der Waals surface area contributed by atoms with Gasteiger partial charge in [0.15, 0.2) is 6.61 Å². The van der Waals surface area contributed by atoms with Crippen LogP contribution in [0.15, 0.2) is 28.7 Å². The zero-order chi connectivity index (χ0) is 13.5. The lowest BCUT2D eigenvalue weighted by atomic mass is 10.2. The molecule has 1 amide bonds. The average Bonchev–Trinajstić information content (AvgIpc) is 2.30. The first-order chi connectivity index (χ1) is 8.49. The Bertz CT molecular complexity index is 490. The van der Waals surface area contributed by atoms with E-state index in [4.69, 9.17) is 5.11 Å². The minimum absolute atomic E-state index is 0.220. The summed E-state index contributed by atoms with van der Waals surface area (Å²) in [6.07, 6.45) is 2.28. The predicted molar refractivity (Wildman–Crippen MR) is 64.9 cm³/mol. The highest BCUT2D eigenvalue weighted by molar-refractivity contribution is 9.10. The summed E-state index contributed by atoms with van der Waals surface area (Å²) < 4.78 is 13.9. The molecule has 0 aliphatic rings. The monoisotopic (exact) mass is 317 g/mol. The van der Waals surface area contributed by atoms with Gasteiger partial charge in [-0.1, -0.05) is 15.9 Å². The third-order valence-corrected chi connectivity index (χ3v) is 2.23. The van der Waals surface area contributed by atoms with Gasteiger partial charge in [0.25, 0.3) is 5.91 Å². The average molecular weight is 318 g/mol. The zero-order valence-corrected chi connectivity index (χ0v) is 10.6. The van der Waals surface area contributed by atoms with Crippen molar-refractivity contribution in [2.75, 3.05) is 6.61 Å². The Kier molecular flexibility index (Phi) is 5.47. The van der Waals surface area contributed by atoms with Crippen molar-refractivity contribution in [1.29, 1.82) is 0 Å². The Hall–Kier alpha value is -1.73.